The average Bonchev–Trinajstić information content (AvgIpc) is 2.89. The molecule has 0 radical (unpaired) electrons. The normalized spacial score (nSPS) is 27.0. The highest BCUT2D eigenvalue weighted by atomic mass is 16.6. The van der Waals surface area contributed by atoms with Crippen LogP contribution in [0.3, 0.4) is 0 Å². The number of likely N-dealkylation sites (N-methyl/N-ethyl adjacent to an activating group) is 1. The van der Waals surface area contributed by atoms with Crippen LogP contribution in [0.5, 0.6) is 11.5 Å². The number of anilines is 1. The monoisotopic (exact) mass is 378 g/mol. The van der Waals surface area contributed by atoms with Gasteiger partial charge >= 0.3 is 0 Å². The second-order valence-electron chi connectivity index (χ2n) is 8.00. The molecule has 6 nitrogen and oxygen atoms in total. The Hall–Kier alpha value is -3.02. The van der Waals surface area contributed by atoms with Crippen LogP contribution in [0.2, 0.25) is 0 Å². The quantitative estimate of drug-likeness (QED) is 0.561. The number of hydrogen-bond donors (Lipinski definition) is 0. The first-order valence-electron chi connectivity index (χ1n) is 9.52. The Morgan fingerprint density at radius 3 is 2.82 bits per heavy atom. The number of nitrogens with zero attached hydrogens (tertiary/aromatic N) is 2. The molecule has 0 bridgehead atoms. The van der Waals surface area contributed by atoms with E-state index in [1.54, 1.807) is 6.07 Å². The van der Waals surface area contributed by atoms with Crippen LogP contribution in [0, 0.1) is 10.1 Å². The third-order valence-electron chi connectivity index (χ3n) is 6.72. The highest BCUT2D eigenvalue weighted by molar-refractivity contribution is 5.78. The Kier molecular flexibility index (Phi) is 3.36. The number of methoxy groups -OCH3 is 1. The standard InChI is InChI=1S/C22H22N2O4/c1-21-10-6-7-15-11-14-12-16(24(25)26)13-19(27-3)20(14)28-22(15,21)23(2)18-9-5-4-8-17(18)21/h4-5,8-9,11-13H,6-7,10H2,1-3H3/t21-,22-/m1/s1. The van der Waals surface area contributed by atoms with Crippen molar-refractivity contribution in [3.8, 4) is 11.5 Å². The molecule has 0 aromatic heterocycles. The molecule has 6 heteroatoms. The Bertz CT molecular complexity index is 1050. The maximum atomic E-state index is 11.4. The van der Waals surface area contributed by atoms with E-state index < -0.39 is 10.6 Å². The SMILES string of the molecule is COc1cc([N+](=O)[O-])cc2c1O[C@]13C(=C2)CCC[C@]1(C)c1ccccc1N3C. The maximum Gasteiger partial charge on any atom is 0.274 e. The van der Waals surface area contributed by atoms with Gasteiger partial charge in [-0.2, -0.15) is 0 Å². The van der Waals surface area contributed by atoms with Gasteiger partial charge in [0.05, 0.1) is 23.5 Å². The Morgan fingerprint density at radius 2 is 2.07 bits per heavy atom. The first-order valence-corrected chi connectivity index (χ1v) is 9.52. The van der Waals surface area contributed by atoms with E-state index in [2.05, 4.69) is 49.2 Å². The van der Waals surface area contributed by atoms with Gasteiger partial charge in [-0.25, -0.2) is 0 Å². The molecule has 2 aromatic rings. The van der Waals surface area contributed by atoms with E-state index >= 15 is 0 Å². The zero-order valence-corrected chi connectivity index (χ0v) is 16.2. The fourth-order valence-corrected chi connectivity index (χ4v) is 5.46. The van der Waals surface area contributed by atoms with E-state index in [1.807, 2.05) is 0 Å². The van der Waals surface area contributed by atoms with Crippen LogP contribution in [0.25, 0.3) is 6.08 Å². The molecule has 1 fully saturated rings. The zero-order valence-electron chi connectivity index (χ0n) is 16.2. The van der Waals surface area contributed by atoms with Crippen LogP contribution in [0.1, 0.15) is 37.3 Å². The third kappa shape index (κ3) is 1.87. The number of non-ortho nitro benzene ring substituents is 1. The summed E-state index contributed by atoms with van der Waals surface area (Å²) in [5, 5.41) is 11.4. The summed E-state index contributed by atoms with van der Waals surface area (Å²) in [4.78, 5) is 13.2. The van der Waals surface area contributed by atoms with Gasteiger partial charge in [0.1, 0.15) is 0 Å². The Balaban J connectivity index is 1.77. The summed E-state index contributed by atoms with van der Waals surface area (Å²) < 4.78 is 12.3. The van der Waals surface area contributed by atoms with Crippen molar-refractivity contribution < 1.29 is 14.4 Å². The first-order chi connectivity index (χ1) is 13.4. The number of nitro groups is 1. The number of rotatable bonds is 2. The molecule has 28 heavy (non-hydrogen) atoms. The fraction of sp³-hybridized carbons (Fsp3) is 0.364. The molecule has 1 spiro atoms. The van der Waals surface area contributed by atoms with Gasteiger partial charge in [-0.05, 0) is 49.5 Å². The lowest BCUT2D eigenvalue weighted by Crippen LogP contribution is -2.63. The summed E-state index contributed by atoms with van der Waals surface area (Å²) in [6.45, 7) is 2.27. The highest BCUT2D eigenvalue weighted by Crippen LogP contribution is 2.62. The molecule has 0 amide bonds. The summed E-state index contributed by atoms with van der Waals surface area (Å²) in [5.41, 5.74) is 3.47. The second kappa shape index (κ2) is 5.50. The molecule has 2 aromatic carbocycles. The molecule has 0 saturated heterocycles. The van der Waals surface area contributed by atoms with E-state index in [4.69, 9.17) is 9.47 Å². The number of fused-ring (bicyclic) bond motifs is 3. The number of para-hydroxylation sites is 1. The van der Waals surface area contributed by atoms with Gasteiger partial charge in [-0.3, -0.25) is 10.1 Å². The lowest BCUT2D eigenvalue weighted by atomic mass is 9.64. The van der Waals surface area contributed by atoms with Crippen LogP contribution in [-0.4, -0.2) is 24.8 Å². The maximum absolute atomic E-state index is 11.4. The molecule has 1 aliphatic carbocycles. The van der Waals surface area contributed by atoms with E-state index in [1.165, 1.54) is 24.4 Å². The van der Waals surface area contributed by atoms with E-state index in [0.29, 0.717) is 17.1 Å². The van der Waals surface area contributed by atoms with Crippen molar-refractivity contribution in [2.24, 2.45) is 0 Å². The molecule has 1 saturated carbocycles. The highest BCUT2D eigenvalue weighted by Gasteiger charge is 2.64. The molecule has 2 atom stereocenters. The molecule has 2 aliphatic heterocycles. The first kappa shape index (κ1) is 17.1. The topological polar surface area (TPSA) is 64.8 Å². The zero-order chi connectivity index (χ0) is 19.7. The second-order valence-corrected chi connectivity index (χ2v) is 8.00. The summed E-state index contributed by atoms with van der Waals surface area (Å²) >= 11 is 0. The molecule has 144 valence electrons. The van der Waals surface area contributed by atoms with E-state index in [0.717, 1.165) is 24.8 Å². The molecule has 0 unspecified atom stereocenters. The van der Waals surface area contributed by atoms with Crippen LogP contribution >= 0.6 is 0 Å². The van der Waals surface area contributed by atoms with Crippen molar-refractivity contribution >= 4 is 17.5 Å². The van der Waals surface area contributed by atoms with Gasteiger partial charge in [-0.15, -0.1) is 0 Å². The largest absolute Gasteiger partial charge is 0.493 e. The predicted octanol–water partition coefficient (Wildman–Crippen LogP) is 4.67. The van der Waals surface area contributed by atoms with Gasteiger partial charge in [-0.1, -0.05) is 18.2 Å². The molecule has 5 rings (SSSR count). The molecule has 3 aliphatic rings. The van der Waals surface area contributed by atoms with E-state index in [9.17, 15) is 10.1 Å². The number of hydrogen-bond acceptors (Lipinski definition) is 5. The van der Waals surface area contributed by atoms with Crippen molar-refractivity contribution in [2.75, 3.05) is 19.1 Å². The van der Waals surface area contributed by atoms with Gasteiger partial charge in [0, 0.05) is 24.4 Å². The minimum Gasteiger partial charge on any atom is -0.493 e. The molecular formula is C22H22N2O4. The lowest BCUT2D eigenvalue weighted by Gasteiger charge is -2.53. The Labute approximate surface area is 163 Å². The van der Waals surface area contributed by atoms with Crippen LogP contribution in [-0.2, 0) is 5.41 Å². The number of ether oxygens (including phenoxy) is 2. The van der Waals surface area contributed by atoms with Crippen molar-refractivity contribution in [2.45, 2.75) is 37.3 Å². The fourth-order valence-electron chi connectivity index (χ4n) is 5.46. The van der Waals surface area contributed by atoms with Crippen LogP contribution in [0.15, 0.2) is 42.0 Å². The molecule has 2 heterocycles. The van der Waals surface area contributed by atoms with Crippen molar-refractivity contribution in [1.29, 1.82) is 0 Å². The van der Waals surface area contributed by atoms with Gasteiger partial charge < -0.3 is 14.4 Å². The van der Waals surface area contributed by atoms with Crippen LogP contribution in [0.4, 0.5) is 11.4 Å². The summed E-state index contributed by atoms with van der Waals surface area (Å²) in [6, 6.07) is 11.5. The lowest BCUT2D eigenvalue weighted by molar-refractivity contribution is -0.385. The van der Waals surface area contributed by atoms with Crippen molar-refractivity contribution in [3.63, 3.8) is 0 Å². The predicted molar refractivity (Wildman–Crippen MR) is 107 cm³/mol. The summed E-state index contributed by atoms with van der Waals surface area (Å²) in [5.74, 6) is 0.968. The smallest absolute Gasteiger partial charge is 0.274 e. The van der Waals surface area contributed by atoms with Crippen LogP contribution < -0.4 is 14.4 Å². The Morgan fingerprint density at radius 1 is 1.29 bits per heavy atom. The van der Waals surface area contributed by atoms with Crippen molar-refractivity contribution in [3.05, 3.63) is 63.2 Å². The van der Waals surface area contributed by atoms with E-state index in [-0.39, 0.29) is 11.1 Å². The van der Waals surface area contributed by atoms with Gasteiger partial charge in [0.15, 0.2) is 11.5 Å². The molecular weight excluding hydrogens is 356 g/mol. The number of benzene rings is 2. The minimum atomic E-state index is -0.647. The number of nitro benzene ring substituents is 1. The van der Waals surface area contributed by atoms with Gasteiger partial charge in [0.25, 0.3) is 5.69 Å². The van der Waals surface area contributed by atoms with Crippen molar-refractivity contribution in [1.82, 2.24) is 0 Å². The van der Waals surface area contributed by atoms with Gasteiger partial charge in [0.2, 0.25) is 5.72 Å². The molecule has 0 N–H and O–H groups in total. The summed E-state index contributed by atoms with van der Waals surface area (Å²) in [6.07, 6.45) is 5.04. The summed E-state index contributed by atoms with van der Waals surface area (Å²) in [7, 11) is 3.60. The average molecular weight is 378 g/mol. The third-order valence-corrected chi connectivity index (χ3v) is 6.72. The minimum absolute atomic E-state index is 0.00799.